The summed E-state index contributed by atoms with van der Waals surface area (Å²) in [6.45, 7) is 6.76. The van der Waals surface area contributed by atoms with Crippen molar-refractivity contribution in [1.82, 2.24) is 14.9 Å². The van der Waals surface area contributed by atoms with Crippen molar-refractivity contribution < 1.29 is 9.21 Å². The van der Waals surface area contributed by atoms with Crippen LogP contribution < -0.4 is 9.80 Å². The number of piperidine rings is 1. The zero-order valence-electron chi connectivity index (χ0n) is 19.4. The van der Waals surface area contributed by atoms with Crippen molar-refractivity contribution in [2.45, 2.75) is 26.2 Å². The molecule has 0 bridgehead atoms. The molecule has 1 atom stereocenters. The fraction of sp³-hybridized carbons (Fsp3) is 0.423. The van der Waals surface area contributed by atoms with E-state index in [4.69, 9.17) is 9.40 Å². The smallest absolute Gasteiger partial charge is 0.230 e. The lowest BCUT2D eigenvalue weighted by Crippen LogP contribution is -2.45. The Labute approximate surface area is 195 Å². The molecule has 0 aliphatic carbocycles. The minimum absolute atomic E-state index is 0.0441. The lowest BCUT2D eigenvalue weighted by molar-refractivity contribution is -0.123. The summed E-state index contributed by atoms with van der Waals surface area (Å²) in [6, 6.07) is 12.2. The number of carbonyl (C=O) groups is 1. The monoisotopic (exact) mass is 445 g/mol. The molecule has 2 saturated heterocycles. The molecule has 2 aliphatic heterocycles. The second kappa shape index (κ2) is 9.35. The van der Waals surface area contributed by atoms with Gasteiger partial charge >= 0.3 is 0 Å². The Bertz CT molecular complexity index is 1100. The number of nitrogens with zero attached hydrogens (tertiary/aromatic N) is 5. The highest BCUT2D eigenvalue weighted by molar-refractivity contribution is 5.96. The topological polar surface area (TPSA) is 65.7 Å². The number of rotatable bonds is 5. The Morgan fingerprint density at radius 1 is 1.03 bits per heavy atom. The van der Waals surface area contributed by atoms with Gasteiger partial charge in [0.15, 0.2) is 6.39 Å². The molecule has 172 valence electrons. The van der Waals surface area contributed by atoms with Crippen molar-refractivity contribution in [3.8, 4) is 11.3 Å². The molecule has 3 aromatic rings. The fourth-order valence-electron chi connectivity index (χ4n) is 4.93. The van der Waals surface area contributed by atoms with Crippen LogP contribution in [0.4, 0.5) is 11.4 Å². The van der Waals surface area contributed by atoms with Crippen LogP contribution in [0.2, 0.25) is 0 Å². The van der Waals surface area contributed by atoms with Gasteiger partial charge in [-0.25, -0.2) is 4.98 Å². The number of benzene rings is 1. The predicted octanol–water partition coefficient (Wildman–Crippen LogP) is 3.78. The van der Waals surface area contributed by atoms with Gasteiger partial charge in [0.2, 0.25) is 5.91 Å². The van der Waals surface area contributed by atoms with E-state index < -0.39 is 0 Å². The SMILES string of the molecule is Cc1ocnc1-c1ccc(N2CCCC(Cc3ncccc3N3CCN(C)CC3)C2=O)cc1. The highest BCUT2D eigenvalue weighted by atomic mass is 16.3. The van der Waals surface area contributed by atoms with E-state index in [0.717, 1.165) is 74.0 Å². The molecular weight excluding hydrogens is 414 g/mol. The standard InChI is InChI=1S/C26H31N5O2/c1-19-25(28-18-33-19)20-7-9-22(10-8-20)31-12-4-5-21(26(31)32)17-23-24(6-3-11-27-23)30-15-13-29(2)14-16-30/h3,6-11,18,21H,4-5,12-17H2,1-2H3. The maximum atomic E-state index is 13.5. The average molecular weight is 446 g/mol. The molecule has 7 nitrogen and oxygen atoms in total. The summed E-state index contributed by atoms with van der Waals surface area (Å²) >= 11 is 0. The van der Waals surface area contributed by atoms with Crippen LogP contribution >= 0.6 is 0 Å². The number of hydrogen-bond acceptors (Lipinski definition) is 6. The van der Waals surface area contributed by atoms with Gasteiger partial charge < -0.3 is 19.1 Å². The summed E-state index contributed by atoms with van der Waals surface area (Å²) in [4.78, 5) is 29.2. The number of pyridine rings is 1. The number of aryl methyl sites for hydroxylation is 1. The Balaban J connectivity index is 1.31. The minimum Gasteiger partial charge on any atom is -0.448 e. The van der Waals surface area contributed by atoms with Crippen LogP contribution in [0.5, 0.6) is 0 Å². The predicted molar refractivity (Wildman–Crippen MR) is 129 cm³/mol. The molecule has 4 heterocycles. The molecule has 2 aromatic heterocycles. The van der Waals surface area contributed by atoms with Gasteiger partial charge in [0, 0.05) is 62.5 Å². The van der Waals surface area contributed by atoms with Gasteiger partial charge in [0.05, 0.1) is 11.4 Å². The zero-order chi connectivity index (χ0) is 22.8. The number of hydrogen-bond donors (Lipinski definition) is 0. The quantitative estimate of drug-likeness (QED) is 0.596. The second-order valence-corrected chi connectivity index (χ2v) is 9.10. The summed E-state index contributed by atoms with van der Waals surface area (Å²) in [6.07, 6.45) is 5.91. The van der Waals surface area contributed by atoms with E-state index >= 15 is 0 Å². The Morgan fingerprint density at radius 3 is 2.55 bits per heavy atom. The summed E-state index contributed by atoms with van der Waals surface area (Å²) in [5.74, 6) is 0.947. The highest BCUT2D eigenvalue weighted by Gasteiger charge is 2.31. The van der Waals surface area contributed by atoms with Crippen LogP contribution in [-0.2, 0) is 11.2 Å². The number of carbonyl (C=O) groups excluding carboxylic acids is 1. The first-order chi connectivity index (χ1) is 16.1. The second-order valence-electron chi connectivity index (χ2n) is 9.10. The van der Waals surface area contributed by atoms with Crippen LogP contribution in [0.1, 0.15) is 24.3 Å². The molecule has 1 aromatic carbocycles. The first kappa shape index (κ1) is 21.6. The molecule has 0 spiro atoms. The van der Waals surface area contributed by atoms with Gasteiger partial charge in [-0.2, -0.15) is 0 Å². The maximum Gasteiger partial charge on any atom is 0.230 e. The molecule has 7 heteroatoms. The molecule has 1 unspecified atom stereocenters. The summed E-state index contributed by atoms with van der Waals surface area (Å²) in [5.41, 5.74) is 5.00. The van der Waals surface area contributed by atoms with Gasteiger partial charge in [0.25, 0.3) is 0 Å². The summed E-state index contributed by atoms with van der Waals surface area (Å²) in [5, 5.41) is 0. The molecule has 2 aliphatic rings. The van der Waals surface area contributed by atoms with Crippen molar-refractivity contribution in [1.29, 1.82) is 0 Å². The number of piperazine rings is 1. The largest absolute Gasteiger partial charge is 0.448 e. The van der Waals surface area contributed by atoms with Crippen molar-refractivity contribution in [3.05, 3.63) is 60.4 Å². The number of likely N-dealkylation sites (N-methyl/N-ethyl adjacent to an activating group) is 1. The first-order valence-electron chi connectivity index (χ1n) is 11.8. The number of oxazole rings is 1. The van der Waals surface area contributed by atoms with Crippen molar-refractivity contribution in [2.24, 2.45) is 5.92 Å². The van der Waals surface area contributed by atoms with E-state index in [0.29, 0.717) is 6.42 Å². The molecule has 33 heavy (non-hydrogen) atoms. The molecular formula is C26H31N5O2. The van der Waals surface area contributed by atoms with E-state index in [2.05, 4.69) is 27.9 Å². The Kier molecular flexibility index (Phi) is 6.13. The number of anilines is 2. The summed E-state index contributed by atoms with van der Waals surface area (Å²) in [7, 11) is 2.16. The van der Waals surface area contributed by atoms with Crippen LogP contribution in [0, 0.1) is 12.8 Å². The van der Waals surface area contributed by atoms with E-state index in [1.165, 1.54) is 12.1 Å². The number of amides is 1. The Hall–Kier alpha value is -3.19. The third-order valence-corrected chi connectivity index (χ3v) is 6.90. The normalized spacial score (nSPS) is 19.8. The van der Waals surface area contributed by atoms with E-state index in [-0.39, 0.29) is 11.8 Å². The highest BCUT2D eigenvalue weighted by Crippen LogP contribution is 2.31. The first-order valence-corrected chi connectivity index (χ1v) is 11.8. The van der Waals surface area contributed by atoms with Gasteiger partial charge in [-0.1, -0.05) is 12.1 Å². The van der Waals surface area contributed by atoms with E-state index in [1.54, 1.807) is 0 Å². The van der Waals surface area contributed by atoms with Crippen LogP contribution in [0.15, 0.2) is 53.4 Å². The van der Waals surface area contributed by atoms with Crippen LogP contribution in [-0.4, -0.2) is 60.5 Å². The van der Waals surface area contributed by atoms with Crippen molar-refractivity contribution in [2.75, 3.05) is 49.6 Å². The maximum absolute atomic E-state index is 13.5. The van der Waals surface area contributed by atoms with Crippen molar-refractivity contribution >= 4 is 17.3 Å². The lowest BCUT2D eigenvalue weighted by atomic mass is 9.91. The van der Waals surface area contributed by atoms with E-state index in [1.807, 2.05) is 48.4 Å². The van der Waals surface area contributed by atoms with E-state index in [9.17, 15) is 4.79 Å². The van der Waals surface area contributed by atoms with Crippen molar-refractivity contribution in [3.63, 3.8) is 0 Å². The van der Waals surface area contributed by atoms with Gasteiger partial charge in [-0.05, 0) is 51.1 Å². The average Bonchev–Trinajstić information content (AvgIpc) is 3.27. The van der Waals surface area contributed by atoms with Gasteiger partial charge in [0.1, 0.15) is 11.5 Å². The third-order valence-electron chi connectivity index (χ3n) is 6.90. The van der Waals surface area contributed by atoms with Crippen LogP contribution in [0.25, 0.3) is 11.3 Å². The molecule has 2 fully saturated rings. The van der Waals surface area contributed by atoms with Gasteiger partial charge in [-0.3, -0.25) is 9.78 Å². The zero-order valence-corrected chi connectivity index (χ0v) is 19.4. The Morgan fingerprint density at radius 2 is 1.82 bits per heavy atom. The molecule has 0 radical (unpaired) electrons. The molecule has 5 rings (SSSR count). The fourth-order valence-corrected chi connectivity index (χ4v) is 4.93. The molecule has 0 N–H and O–H groups in total. The lowest BCUT2D eigenvalue weighted by Gasteiger charge is -2.36. The number of aromatic nitrogens is 2. The minimum atomic E-state index is -0.0441. The van der Waals surface area contributed by atoms with Crippen LogP contribution in [0.3, 0.4) is 0 Å². The summed E-state index contributed by atoms with van der Waals surface area (Å²) < 4.78 is 5.32. The molecule has 1 amide bonds. The van der Waals surface area contributed by atoms with Gasteiger partial charge in [-0.15, -0.1) is 0 Å². The third kappa shape index (κ3) is 4.50. The molecule has 0 saturated carbocycles.